The minimum absolute atomic E-state index is 0.266. The summed E-state index contributed by atoms with van der Waals surface area (Å²) in [5.74, 6) is 1.07. The average molecular weight is 238 g/mol. The monoisotopic (exact) mass is 238 g/mol. The first kappa shape index (κ1) is 14.2. The Labute approximate surface area is 105 Å². The van der Waals surface area contributed by atoms with Crippen molar-refractivity contribution in [2.45, 2.75) is 59.5 Å². The van der Waals surface area contributed by atoms with Crippen molar-refractivity contribution in [1.29, 1.82) is 0 Å². The highest BCUT2D eigenvalue weighted by molar-refractivity contribution is 4.95. The fraction of sp³-hybridized carbons (Fsp3) is 0.846. The van der Waals surface area contributed by atoms with Gasteiger partial charge in [-0.2, -0.15) is 5.10 Å². The van der Waals surface area contributed by atoms with Gasteiger partial charge in [0.05, 0.1) is 0 Å². The van der Waals surface area contributed by atoms with Gasteiger partial charge in [-0.25, -0.2) is 9.67 Å². The number of nitrogens with zero attached hydrogens (tertiary/aromatic N) is 3. The summed E-state index contributed by atoms with van der Waals surface area (Å²) in [6.45, 7) is 11.1. The summed E-state index contributed by atoms with van der Waals surface area (Å²) in [5.41, 5.74) is 0.266. The van der Waals surface area contributed by atoms with Gasteiger partial charge in [-0.3, -0.25) is 0 Å². The highest BCUT2D eigenvalue weighted by Crippen LogP contribution is 2.27. The van der Waals surface area contributed by atoms with Gasteiger partial charge in [0, 0.05) is 18.5 Å². The minimum Gasteiger partial charge on any atom is -0.316 e. The molecule has 1 heterocycles. The van der Waals surface area contributed by atoms with Crippen LogP contribution in [0.25, 0.3) is 0 Å². The third-order valence-electron chi connectivity index (χ3n) is 3.73. The SMILES string of the molecule is CCC(C)(C)C(Cc1ncnn1C(C)C)NC. The predicted molar refractivity (Wildman–Crippen MR) is 71.0 cm³/mol. The van der Waals surface area contributed by atoms with E-state index in [1.54, 1.807) is 6.33 Å². The summed E-state index contributed by atoms with van der Waals surface area (Å²) in [5, 5.41) is 7.71. The Hall–Kier alpha value is -0.900. The molecule has 0 fully saturated rings. The van der Waals surface area contributed by atoms with Crippen molar-refractivity contribution < 1.29 is 0 Å². The molecule has 0 aliphatic rings. The molecule has 0 aromatic carbocycles. The molecule has 1 aromatic heterocycles. The fourth-order valence-corrected chi connectivity index (χ4v) is 2.05. The zero-order chi connectivity index (χ0) is 13.1. The van der Waals surface area contributed by atoms with E-state index in [0.29, 0.717) is 12.1 Å². The molecule has 0 aliphatic heterocycles. The predicted octanol–water partition coefficient (Wildman–Crippen LogP) is 2.43. The molecular formula is C13H26N4. The van der Waals surface area contributed by atoms with Crippen LogP contribution in [0.3, 0.4) is 0 Å². The lowest BCUT2D eigenvalue weighted by molar-refractivity contribution is 0.235. The summed E-state index contributed by atoms with van der Waals surface area (Å²) in [6, 6.07) is 0.795. The molecule has 98 valence electrons. The first-order valence-electron chi connectivity index (χ1n) is 6.48. The molecule has 0 aliphatic carbocycles. The molecule has 1 rings (SSSR count). The maximum Gasteiger partial charge on any atom is 0.138 e. The molecule has 17 heavy (non-hydrogen) atoms. The summed E-state index contributed by atoms with van der Waals surface area (Å²) in [4.78, 5) is 4.38. The molecule has 1 aromatic rings. The van der Waals surface area contributed by atoms with Crippen LogP contribution in [0.2, 0.25) is 0 Å². The number of hydrogen-bond donors (Lipinski definition) is 1. The molecule has 0 saturated carbocycles. The number of likely N-dealkylation sites (N-methyl/N-ethyl adjacent to an activating group) is 1. The summed E-state index contributed by atoms with van der Waals surface area (Å²) in [6.07, 6.45) is 3.73. The maximum atomic E-state index is 4.38. The molecule has 0 bridgehead atoms. The highest BCUT2D eigenvalue weighted by atomic mass is 15.3. The summed E-state index contributed by atoms with van der Waals surface area (Å²) in [7, 11) is 2.03. The molecule has 0 amide bonds. The number of aromatic nitrogens is 3. The van der Waals surface area contributed by atoms with Crippen LogP contribution in [-0.4, -0.2) is 27.9 Å². The quantitative estimate of drug-likeness (QED) is 0.827. The van der Waals surface area contributed by atoms with Crippen LogP contribution < -0.4 is 5.32 Å². The third kappa shape index (κ3) is 3.28. The zero-order valence-corrected chi connectivity index (χ0v) is 12.0. The van der Waals surface area contributed by atoms with Crippen molar-refractivity contribution in [3.8, 4) is 0 Å². The molecule has 0 radical (unpaired) electrons. The van der Waals surface area contributed by atoms with Crippen LogP contribution in [-0.2, 0) is 6.42 Å². The van der Waals surface area contributed by atoms with E-state index < -0.39 is 0 Å². The third-order valence-corrected chi connectivity index (χ3v) is 3.73. The minimum atomic E-state index is 0.266. The lowest BCUT2D eigenvalue weighted by Gasteiger charge is -2.33. The summed E-state index contributed by atoms with van der Waals surface area (Å²) >= 11 is 0. The van der Waals surface area contributed by atoms with E-state index in [2.05, 4.69) is 50.0 Å². The van der Waals surface area contributed by atoms with Gasteiger partial charge in [0.1, 0.15) is 12.2 Å². The van der Waals surface area contributed by atoms with Gasteiger partial charge in [0.2, 0.25) is 0 Å². The second-order valence-corrected chi connectivity index (χ2v) is 5.60. The van der Waals surface area contributed by atoms with Crippen LogP contribution >= 0.6 is 0 Å². The van der Waals surface area contributed by atoms with Gasteiger partial charge in [-0.05, 0) is 32.7 Å². The lowest BCUT2D eigenvalue weighted by atomic mass is 9.80. The van der Waals surface area contributed by atoms with Crippen molar-refractivity contribution in [3.05, 3.63) is 12.2 Å². The van der Waals surface area contributed by atoms with Crippen LogP contribution in [0.5, 0.6) is 0 Å². The number of hydrogen-bond acceptors (Lipinski definition) is 3. The van der Waals surface area contributed by atoms with Gasteiger partial charge in [-0.1, -0.05) is 20.8 Å². The van der Waals surface area contributed by atoms with Crippen molar-refractivity contribution in [3.63, 3.8) is 0 Å². The highest BCUT2D eigenvalue weighted by Gasteiger charge is 2.28. The van der Waals surface area contributed by atoms with E-state index in [0.717, 1.165) is 18.7 Å². The van der Waals surface area contributed by atoms with Gasteiger partial charge in [0.25, 0.3) is 0 Å². The average Bonchev–Trinajstić information content (AvgIpc) is 2.73. The van der Waals surface area contributed by atoms with E-state index in [4.69, 9.17) is 0 Å². The van der Waals surface area contributed by atoms with Crippen molar-refractivity contribution in [1.82, 2.24) is 20.1 Å². The Balaban J connectivity index is 2.84. The standard InChI is InChI=1S/C13H26N4/c1-7-13(4,5)11(14-6)8-12-15-9-16-17(12)10(2)3/h9-11,14H,7-8H2,1-6H3. The molecule has 4 heteroatoms. The van der Waals surface area contributed by atoms with Crippen molar-refractivity contribution >= 4 is 0 Å². The van der Waals surface area contributed by atoms with E-state index in [1.165, 1.54) is 0 Å². The zero-order valence-electron chi connectivity index (χ0n) is 12.0. The Kier molecular flexibility index (Phi) is 4.69. The summed E-state index contributed by atoms with van der Waals surface area (Å²) < 4.78 is 2.01. The molecule has 1 unspecified atom stereocenters. The molecular weight excluding hydrogens is 212 g/mol. The Morgan fingerprint density at radius 2 is 2.06 bits per heavy atom. The Morgan fingerprint density at radius 3 is 2.53 bits per heavy atom. The molecule has 0 saturated heterocycles. The van der Waals surface area contributed by atoms with Crippen LogP contribution in [0.1, 0.15) is 52.9 Å². The van der Waals surface area contributed by atoms with Gasteiger partial charge in [0.15, 0.2) is 0 Å². The Morgan fingerprint density at radius 1 is 1.41 bits per heavy atom. The van der Waals surface area contributed by atoms with Gasteiger partial charge >= 0.3 is 0 Å². The van der Waals surface area contributed by atoms with E-state index in [-0.39, 0.29) is 5.41 Å². The van der Waals surface area contributed by atoms with Gasteiger partial charge in [-0.15, -0.1) is 0 Å². The largest absolute Gasteiger partial charge is 0.316 e. The first-order chi connectivity index (χ1) is 7.92. The second kappa shape index (κ2) is 5.63. The first-order valence-corrected chi connectivity index (χ1v) is 6.48. The number of rotatable bonds is 6. The molecule has 1 atom stereocenters. The van der Waals surface area contributed by atoms with Crippen LogP contribution in [0.15, 0.2) is 6.33 Å². The molecule has 1 N–H and O–H groups in total. The van der Waals surface area contributed by atoms with Crippen LogP contribution in [0.4, 0.5) is 0 Å². The van der Waals surface area contributed by atoms with E-state index in [1.807, 2.05) is 11.7 Å². The topological polar surface area (TPSA) is 42.7 Å². The lowest BCUT2D eigenvalue weighted by Crippen LogP contribution is -2.42. The van der Waals surface area contributed by atoms with Crippen molar-refractivity contribution in [2.24, 2.45) is 5.41 Å². The second-order valence-electron chi connectivity index (χ2n) is 5.60. The van der Waals surface area contributed by atoms with E-state index >= 15 is 0 Å². The van der Waals surface area contributed by atoms with Crippen molar-refractivity contribution in [2.75, 3.05) is 7.05 Å². The molecule has 0 spiro atoms. The van der Waals surface area contributed by atoms with Gasteiger partial charge < -0.3 is 5.32 Å². The Bertz CT molecular complexity index is 341. The van der Waals surface area contributed by atoms with Crippen LogP contribution in [0, 0.1) is 5.41 Å². The van der Waals surface area contributed by atoms with E-state index in [9.17, 15) is 0 Å². The fourth-order valence-electron chi connectivity index (χ4n) is 2.05. The smallest absolute Gasteiger partial charge is 0.138 e. The molecule has 4 nitrogen and oxygen atoms in total. The normalized spacial score (nSPS) is 14.3. The number of nitrogens with one attached hydrogen (secondary N) is 1. The maximum absolute atomic E-state index is 4.38.